The van der Waals surface area contributed by atoms with Gasteiger partial charge in [0.15, 0.2) is 0 Å². The Bertz CT molecular complexity index is 324. The minimum Gasteiger partial charge on any atom is -0.467 e. The zero-order valence-corrected chi connectivity index (χ0v) is 13.0. The molecule has 0 aliphatic carbocycles. The minimum absolute atomic E-state index is 0.326. The van der Waals surface area contributed by atoms with Gasteiger partial charge >= 0.3 is 0 Å². The number of nitrogens with one attached hydrogen (secondary N) is 1. The number of hydrogen-bond donors (Lipinski definition) is 2. The molecule has 1 aromatic rings. The largest absolute Gasteiger partial charge is 0.467 e. The normalized spacial score (nSPS) is 14.7. The van der Waals surface area contributed by atoms with Gasteiger partial charge in [-0.15, -0.1) is 0 Å². The van der Waals surface area contributed by atoms with Crippen molar-refractivity contribution in [3.63, 3.8) is 0 Å². The van der Waals surface area contributed by atoms with E-state index in [0.717, 1.165) is 18.1 Å². The molecule has 0 aromatic carbocycles. The zero-order valence-electron chi connectivity index (χ0n) is 13.0. The first-order valence-corrected chi connectivity index (χ1v) is 7.59. The van der Waals surface area contributed by atoms with Crippen LogP contribution in [-0.4, -0.2) is 30.4 Å². The third-order valence-electron chi connectivity index (χ3n) is 3.26. The summed E-state index contributed by atoms with van der Waals surface area (Å²) < 4.78 is 10.6. The van der Waals surface area contributed by atoms with E-state index in [-0.39, 0.29) is 0 Å². The van der Waals surface area contributed by atoms with Gasteiger partial charge in [0.05, 0.1) is 19.0 Å². The quantitative estimate of drug-likeness (QED) is 0.655. The third-order valence-corrected chi connectivity index (χ3v) is 3.26. The maximum absolute atomic E-state index is 9.82. The minimum atomic E-state index is -0.475. The molecule has 0 bridgehead atoms. The molecule has 0 amide bonds. The summed E-state index contributed by atoms with van der Waals surface area (Å²) in [4.78, 5) is 0. The van der Waals surface area contributed by atoms with Gasteiger partial charge < -0.3 is 19.6 Å². The van der Waals surface area contributed by atoms with Gasteiger partial charge in [-0.3, -0.25) is 0 Å². The van der Waals surface area contributed by atoms with E-state index >= 15 is 0 Å². The predicted molar refractivity (Wildman–Crippen MR) is 80.5 cm³/mol. The lowest BCUT2D eigenvalue weighted by molar-refractivity contribution is 0.0216. The Kier molecular flexibility index (Phi) is 8.58. The molecule has 1 aromatic heterocycles. The molecule has 2 unspecified atom stereocenters. The fraction of sp³-hybridized carbons (Fsp3) is 0.750. The maximum Gasteiger partial charge on any atom is 0.129 e. The lowest BCUT2D eigenvalue weighted by atomic mass is 10.0. The number of rotatable bonds is 11. The van der Waals surface area contributed by atoms with Crippen LogP contribution in [0.3, 0.4) is 0 Å². The second-order valence-corrected chi connectivity index (χ2v) is 5.88. The molecular weight excluding hydrogens is 254 g/mol. The molecule has 0 aliphatic rings. The van der Waals surface area contributed by atoms with E-state index in [1.54, 1.807) is 6.26 Å². The van der Waals surface area contributed by atoms with E-state index in [4.69, 9.17) is 9.15 Å². The summed E-state index contributed by atoms with van der Waals surface area (Å²) in [6.45, 7) is 7.97. The van der Waals surface area contributed by atoms with Crippen LogP contribution in [0.25, 0.3) is 0 Å². The molecule has 1 heterocycles. The molecule has 0 aliphatic heterocycles. The summed E-state index contributed by atoms with van der Waals surface area (Å²) in [7, 11) is 0. The third kappa shape index (κ3) is 8.35. The van der Waals surface area contributed by atoms with Crippen LogP contribution in [0.15, 0.2) is 22.8 Å². The van der Waals surface area contributed by atoms with Gasteiger partial charge in [-0.05, 0) is 31.4 Å². The Morgan fingerprint density at radius 2 is 2.10 bits per heavy atom. The Hall–Kier alpha value is -0.840. The predicted octanol–water partition coefficient (Wildman–Crippen LogP) is 2.96. The fourth-order valence-corrected chi connectivity index (χ4v) is 2.02. The van der Waals surface area contributed by atoms with E-state index in [9.17, 15) is 5.11 Å². The van der Waals surface area contributed by atoms with Crippen molar-refractivity contribution >= 4 is 0 Å². The summed E-state index contributed by atoms with van der Waals surface area (Å²) >= 11 is 0. The van der Waals surface area contributed by atoms with Gasteiger partial charge in [-0.1, -0.05) is 26.7 Å². The first-order chi connectivity index (χ1) is 9.58. The number of aliphatic hydroxyl groups is 1. The molecule has 0 saturated heterocycles. The van der Waals surface area contributed by atoms with Crippen LogP contribution in [-0.2, 0) is 11.3 Å². The molecule has 2 atom stereocenters. The van der Waals surface area contributed by atoms with Crippen molar-refractivity contribution in [1.82, 2.24) is 5.32 Å². The molecule has 116 valence electrons. The van der Waals surface area contributed by atoms with Crippen molar-refractivity contribution in [2.75, 3.05) is 13.2 Å². The molecule has 2 N–H and O–H groups in total. The van der Waals surface area contributed by atoms with E-state index in [1.165, 1.54) is 12.8 Å². The monoisotopic (exact) mass is 283 g/mol. The van der Waals surface area contributed by atoms with Crippen LogP contribution < -0.4 is 5.32 Å². The highest BCUT2D eigenvalue weighted by Gasteiger charge is 2.08. The smallest absolute Gasteiger partial charge is 0.129 e. The molecule has 1 rings (SSSR count). The van der Waals surface area contributed by atoms with Crippen LogP contribution in [0, 0.1) is 5.92 Å². The molecule has 0 saturated carbocycles. The van der Waals surface area contributed by atoms with Crippen LogP contribution in [0.4, 0.5) is 0 Å². The first-order valence-electron chi connectivity index (χ1n) is 7.59. The summed E-state index contributed by atoms with van der Waals surface area (Å²) in [5.41, 5.74) is 0. The van der Waals surface area contributed by atoms with Crippen molar-refractivity contribution in [3.05, 3.63) is 24.2 Å². The molecule has 0 fully saturated rings. The standard InChI is InChI=1S/C16H29NO3/c1-13(2)6-4-7-14(3)17-10-15(18)11-19-12-16-8-5-9-20-16/h5,8-9,13-15,17-18H,4,6-7,10-12H2,1-3H3. The Labute approximate surface area is 122 Å². The van der Waals surface area contributed by atoms with Crippen molar-refractivity contribution in [2.24, 2.45) is 5.92 Å². The van der Waals surface area contributed by atoms with Crippen LogP contribution >= 0.6 is 0 Å². The molecule has 4 nitrogen and oxygen atoms in total. The fourth-order valence-electron chi connectivity index (χ4n) is 2.02. The number of hydrogen-bond acceptors (Lipinski definition) is 4. The molecule has 0 spiro atoms. The second-order valence-electron chi connectivity index (χ2n) is 5.88. The molecular formula is C16H29NO3. The van der Waals surface area contributed by atoms with Crippen molar-refractivity contribution in [2.45, 2.75) is 58.8 Å². The SMILES string of the molecule is CC(C)CCCC(C)NCC(O)COCc1ccco1. The summed E-state index contributed by atoms with van der Waals surface area (Å²) in [6.07, 6.45) is 4.79. The Balaban J connectivity index is 1.99. The van der Waals surface area contributed by atoms with Crippen LogP contribution in [0.2, 0.25) is 0 Å². The molecule has 20 heavy (non-hydrogen) atoms. The summed E-state index contributed by atoms with van der Waals surface area (Å²) in [5, 5.41) is 13.2. The Morgan fingerprint density at radius 1 is 1.30 bits per heavy atom. The van der Waals surface area contributed by atoms with Gasteiger partial charge in [-0.25, -0.2) is 0 Å². The zero-order chi connectivity index (χ0) is 14.8. The van der Waals surface area contributed by atoms with E-state index in [0.29, 0.717) is 25.8 Å². The van der Waals surface area contributed by atoms with E-state index < -0.39 is 6.10 Å². The first kappa shape index (κ1) is 17.2. The van der Waals surface area contributed by atoms with E-state index in [2.05, 4.69) is 26.1 Å². The van der Waals surface area contributed by atoms with Gasteiger partial charge in [0.2, 0.25) is 0 Å². The highest BCUT2D eigenvalue weighted by Crippen LogP contribution is 2.08. The molecule has 0 radical (unpaired) electrons. The van der Waals surface area contributed by atoms with E-state index in [1.807, 2.05) is 12.1 Å². The molecule has 4 heteroatoms. The van der Waals surface area contributed by atoms with Gasteiger partial charge in [0.1, 0.15) is 12.4 Å². The highest BCUT2D eigenvalue weighted by atomic mass is 16.5. The van der Waals surface area contributed by atoms with Crippen molar-refractivity contribution in [1.29, 1.82) is 0 Å². The van der Waals surface area contributed by atoms with Gasteiger partial charge in [0, 0.05) is 12.6 Å². The van der Waals surface area contributed by atoms with Gasteiger partial charge in [0.25, 0.3) is 0 Å². The Morgan fingerprint density at radius 3 is 2.75 bits per heavy atom. The second kappa shape index (κ2) is 9.97. The lowest BCUT2D eigenvalue weighted by Gasteiger charge is -2.17. The topological polar surface area (TPSA) is 54.6 Å². The number of furan rings is 1. The van der Waals surface area contributed by atoms with Crippen LogP contribution in [0.5, 0.6) is 0 Å². The highest BCUT2D eigenvalue weighted by molar-refractivity contribution is 4.96. The number of ether oxygens (including phenoxy) is 1. The average molecular weight is 283 g/mol. The van der Waals surface area contributed by atoms with Crippen molar-refractivity contribution < 1.29 is 14.3 Å². The maximum atomic E-state index is 9.82. The average Bonchev–Trinajstić information content (AvgIpc) is 2.89. The van der Waals surface area contributed by atoms with Crippen LogP contribution in [0.1, 0.15) is 45.8 Å². The lowest BCUT2D eigenvalue weighted by Crippen LogP contribution is -2.35. The summed E-state index contributed by atoms with van der Waals surface area (Å²) in [5.74, 6) is 1.55. The van der Waals surface area contributed by atoms with Crippen molar-refractivity contribution in [3.8, 4) is 0 Å². The summed E-state index contributed by atoms with van der Waals surface area (Å²) in [6, 6.07) is 4.13. The van der Waals surface area contributed by atoms with Gasteiger partial charge in [-0.2, -0.15) is 0 Å². The number of aliphatic hydroxyl groups excluding tert-OH is 1.